The first kappa shape index (κ1) is 25.8. The number of para-hydroxylation sites is 1. The van der Waals surface area contributed by atoms with Gasteiger partial charge in [-0.05, 0) is 114 Å². The Morgan fingerprint density at radius 1 is 0.229 bits per heavy atom. The zero-order valence-corrected chi connectivity index (χ0v) is 25.8. The molecule has 0 aliphatic heterocycles. The topological polar surface area (TPSA) is 26.3 Å². The Labute approximate surface area is 275 Å². The molecule has 0 radical (unpaired) electrons. The summed E-state index contributed by atoms with van der Waals surface area (Å²) < 4.78 is 12.6. The lowest BCUT2D eigenvalue weighted by molar-refractivity contribution is 0.664. The first-order valence-electron chi connectivity index (χ1n) is 16.4. The van der Waals surface area contributed by atoms with Gasteiger partial charge in [-0.3, -0.25) is 0 Å². The molecule has 2 heteroatoms. The van der Waals surface area contributed by atoms with E-state index in [1.807, 2.05) is 18.2 Å². The molecule has 0 aliphatic rings. The van der Waals surface area contributed by atoms with Gasteiger partial charge in [0.05, 0.1) is 0 Å². The fourth-order valence-electron chi connectivity index (χ4n) is 7.86. The maximum absolute atomic E-state index is 6.37. The fourth-order valence-corrected chi connectivity index (χ4v) is 7.86. The maximum Gasteiger partial charge on any atom is 0.136 e. The third-order valence-corrected chi connectivity index (χ3v) is 10.2. The quantitative estimate of drug-likeness (QED) is 0.182. The van der Waals surface area contributed by atoms with Crippen LogP contribution in [0, 0.1) is 0 Å². The Morgan fingerprint density at radius 3 is 1.35 bits per heavy atom. The monoisotopic (exact) mass is 610 g/mol. The molecule has 11 aromatic rings. The minimum Gasteiger partial charge on any atom is -0.456 e. The van der Waals surface area contributed by atoms with Gasteiger partial charge in [0.25, 0.3) is 0 Å². The van der Waals surface area contributed by atoms with Gasteiger partial charge in [0.1, 0.15) is 22.3 Å². The SMILES string of the molecule is c1ccc2cc(-c3ccc4c5ccc(-c6ccc7oc8cc9c(cc8c7c6)oc6ccccc69)cc5c5ccccc5c4c3)ccc2c1. The summed E-state index contributed by atoms with van der Waals surface area (Å²) in [4.78, 5) is 0. The molecule has 0 fully saturated rings. The molecule has 48 heavy (non-hydrogen) atoms. The molecular weight excluding hydrogens is 585 g/mol. The van der Waals surface area contributed by atoms with Crippen LogP contribution in [0.5, 0.6) is 0 Å². The standard InChI is InChI=1S/C46H26O2/c1-2-8-28-21-29(14-13-27(28)7-1)30-15-18-35-36-19-16-31(23-39(36)34-10-4-3-9-33(34)38(35)22-30)32-17-20-44-40(24-32)42-26-45-41(25-46(42)48-44)37-11-5-6-12-43(37)47-45/h1-26H. The molecule has 0 bridgehead atoms. The molecule has 0 amide bonds. The molecule has 0 saturated carbocycles. The van der Waals surface area contributed by atoms with Crippen molar-refractivity contribution in [2.45, 2.75) is 0 Å². The maximum atomic E-state index is 6.37. The van der Waals surface area contributed by atoms with Crippen molar-refractivity contribution in [1.82, 2.24) is 0 Å². The molecule has 0 N–H and O–H groups in total. The number of fused-ring (bicyclic) bond motifs is 13. The van der Waals surface area contributed by atoms with Crippen molar-refractivity contribution in [2.75, 3.05) is 0 Å². The second-order valence-electron chi connectivity index (χ2n) is 12.9. The van der Waals surface area contributed by atoms with Gasteiger partial charge in [-0.15, -0.1) is 0 Å². The molecular formula is C46H26O2. The van der Waals surface area contributed by atoms with Crippen LogP contribution in [0.15, 0.2) is 167 Å². The molecule has 0 spiro atoms. The van der Waals surface area contributed by atoms with Gasteiger partial charge >= 0.3 is 0 Å². The Kier molecular flexibility index (Phi) is 5.14. The predicted octanol–water partition coefficient (Wildman–Crippen LogP) is 13.4. The van der Waals surface area contributed by atoms with Gasteiger partial charge < -0.3 is 8.83 Å². The Bertz CT molecular complexity index is 3100. The number of furan rings is 2. The summed E-state index contributed by atoms with van der Waals surface area (Å²) in [7, 11) is 0. The first-order valence-corrected chi connectivity index (χ1v) is 16.4. The highest BCUT2D eigenvalue weighted by atomic mass is 16.3. The Balaban J connectivity index is 1.08. The van der Waals surface area contributed by atoms with E-state index in [2.05, 4.69) is 140 Å². The molecule has 2 aromatic heterocycles. The van der Waals surface area contributed by atoms with E-state index in [0.717, 1.165) is 49.4 Å². The van der Waals surface area contributed by atoms with Gasteiger partial charge in [0.2, 0.25) is 0 Å². The van der Waals surface area contributed by atoms with Crippen molar-refractivity contribution >= 4 is 87.0 Å². The van der Waals surface area contributed by atoms with E-state index in [0.29, 0.717) is 0 Å². The molecule has 2 nitrogen and oxygen atoms in total. The van der Waals surface area contributed by atoms with Crippen molar-refractivity contribution in [3.8, 4) is 22.3 Å². The highest BCUT2D eigenvalue weighted by molar-refractivity contribution is 6.26. The van der Waals surface area contributed by atoms with Crippen molar-refractivity contribution in [3.05, 3.63) is 158 Å². The van der Waals surface area contributed by atoms with Gasteiger partial charge in [-0.2, -0.15) is 0 Å². The van der Waals surface area contributed by atoms with Crippen LogP contribution >= 0.6 is 0 Å². The molecule has 0 atom stereocenters. The van der Waals surface area contributed by atoms with Crippen molar-refractivity contribution < 1.29 is 8.83 Å². The van der Waals surface area contributed by atoms with Crippen molar-refractivity contribution in [2.24, 2.45) is 0 Å². The zero-order chi connectivity index (χ0) is 31.3. The number of rotatable bonds is 2. The van der Waals surface area contributed by atoms with E-state index >= 15 is 0 Å². The van der Waals surface area contributed by atoms with Crippen LogP contribution in [-0.2, 0) is 0 Å². The van der Waals surface area contributed by atoms with E-state index in [4.69, 9.17) is 8.83 Å². The largest absolute Gasteiger partial charge is 0.456 e. The summed E-state index contributed by atoms with van der Waals surface area (Å²) in [6.45, 7) is 0. The normalized spacial score (nSPS) is 12.2. The third kappa shape index (κ3) is 3.69. The minimum absolute atomic E-state index is 0.875. The molecule has 11 rings (SSSR count). The Morgan fingerprint density at radius 2 is 0.667 bits per heavy atom. The average Bonchev–Trinajstić information content (AvgIpc) is 3.70. The molecule has 222 valence electrons. The lowest BCUT2D eigenvalue weighted by atomic mass is 9.90. The lowest BCUT2D eigenvalue weighted by Crippen LogP contribution is -1.87. The van der Waals surface area contributed by atoms with Crippen LogP contribution in [0.4, 0.5) is 0 Å². The average molecular weight is 611 g/mol. The zero-order valence-electron chi connectivity index (χ0n) is 25.8. The molecule has 0 unspecified atom stereocenters. The second-order valence-corrected chi connectivity index (χ2v) is 12.9. The predicted molar refractivity (Wildman–Crippen MR) is 202 cm³/mol. The van der Waals surface area contributed by atoms with Crippen molar-refractivity contribution in [3.63, 3.8) is 0 Å². The lowest BCUT2D eigenvalue weighted by Gasteiger charge is -2.14. The van der Waals surface area contributed by atoms with Crippen LogP contribution in [0.3, 0.4) is 0 Å². The van der Waals surface area contributed by atoms with E-state index in [9.17, 15) is 0 Å². The van der Waals surface area contributed by atoms with Crippen molar-refractivity contribution in [1.29, 1.82) is 0 Å². The van der Waals surface area contributed by atoms with E-state index < -0.39 is 0 Å². The molecule has 9 aromatic carbocycles. The van der Waals surface area contributed by atoms with Crippen LogP contribution in [0.2, 0.25) is 0 Å². The van der Waals surface area contributed by atoms with E-state index in [1.165, 1.54) is 59.8 Å². The first-order chi connectivity index (χ1) is 23.7. The van der Waals surface area contributed by atoms with Gasteiger partial charge in [0, 0.05) is 21.5 Å². The summed E-state index contributed by atoms with van der Waals surface area (Å²) in [5.74, 6) is 0. The number of hydrogen-bond donors (Lipinski definition) is 0. The third-order valence-electron chi connectivity index (χ3n) is 10.2. The van der Waals surface area contributed by atoms with E-state index in [1.54, 1.807) is 0 Å². The highest BCUT2D eigenvalue weighted by Gasteiger charge is 2.15. The van der Waals surface area contributed by atoms with Crippen LogP contribution < -0.4 is 0 Å². The molecule has 2 heterocycles. The minimum atomic E-state index is 0.875. The van der Waals surface area contributed by atoms with Crippen LogP contribution in [-0.4, -0.2) is 0 Å². The van der Waals surface area contributed by atoms with Gasteiger partial charge in [-0.25, -0.2) is 0 Å². The fraction of sp³-hybridized carbons (Fsp3) is 0. The smallest absolute Gasteiger partial charge is 0.136 e. The number of hydrogen-bond acceptors (Lipinski definition) is 2. The Hall–Kier alpha value is -6.38. The second kappa shape index (κ2) is 9.57. The summed E-state index contributed by atoms with van der Waals surface area (Å²) in [6, 6.07) is 56.9. The highest BCUT2D eigenvalue weighted by Crippen LogP contribution is 2.41. The van der Waals surface area contributed by atoms with Crippen LogP contribution in [0.25, 0.3) is 109 Å². The van der Waals surface area contributed by atoms with Gasteiger partial charge in [0.15, 0.2) is 0 Å². The summed E-state index contributed by atoms with van der Waals surface area (Å²) in [5.41, 5.74) is 8.34. The van der Waals surface area contributed by atoms with E-state index in [-0.39, 0.29) is 0 Å². The summed E-state index contributed by atoms with van der Waals surface area (Å²) in [6.07, 6.45) is 0. The molecule has 0 saturated heterocycles. The molecule has 0 aliphatic carbocycles. The van der Waals surface area contributed by atoms with Gasteiger partial charge in [-0.1, -0.05) is 109 Å². The number of benzene rings is 9. The van der Waals surface area contributed by atoms with Crippen LogP contribution in [0.1, 0.15) is 0 Å². The summed E-state index contributed by atoms with van der Waals surface area (Å²) >= 11 is 0. The summed E-state index contributed by atoms with van der Waals surface area (Å²) in [5, 5.41) is 14.5.